The van der Waals surface area contributed by atoms with Crippen molar-refractivity contribution in [3.05, 3.63) is 60.2 Å². The van der Waals surface area contributed by atoms with Crippen LogP contribution in [0.4, 0.5) is 5.69 Å². The Kier molecular flexibility index (Phi) is 6.13. The minimum atomic E-state index is -0.951. The van der Waals surface area contributed by atoms with Gasteiger partial charge in [0.1, 0.15) is 11.8 Å². The second-order valence-corrected chi connectivity index (χ2v) is 5.26. The quantitative estimate of drug-likeness (QED) is 0.756. The molecule has 1 atom stereocenters. The van der Waals surface area contributed by atoms with Crippen LogP contribution in [0.25, 0.3) is 0 Å². The summed E-state index contributed by atoms with van der Waals surface area (Å²) in [5.74, 6) is -0.741. The summed E-state index contributed by atoms with van der Waals surface area (Å²) in [5.41, 5.74) is 1.03. The van der Waals surface area contributed by atoms with Crippen molar-refractivity contribution in [3.63, 3.8) is 0 Å². The number of amides is 1. The van der Waals surface area contributed by atoms with E-state index in [9.17, 15) is 9.59 Å². The molecule has 0 saturated heterocycles. The van der Waals surface area contributed by atoms with Crippen LogP contribution in [0.5, 0.6) is 5.75 Å². The van der Waals surface area contributed by atoms with Crippen LogP contribution in [0, 0.1) is 11.3 Å². The minimum Gasteiger partial charge on any atom is -0.481 e. The number of nitrogens with zero attached hydrogens (tertiary/aromatic N) is 2. The number of hydrogen-bond acceptors (Lipinski definition) is 5. The lowest BCUT2D eigenvalue weighted by Crippen LogP contribution is -2.38. The van der Waals surface area contributed by atoms with Crippen LogP contribution in [-0.2, 0) is 14.3 Å². The molecule has 0 heterocycles. The highest BCUT2D eigenvalue weighted by atomic mass is 16.6. The molecule has 0 aliphatic rings. The van der Waals surface area contributed by atoms with Crippen LogP contribution in [0.15, 0.2) is 54.6 Å². The topological polar surface area (TPSA) is 79.6 Å². The van der Waals surface area contributed by atoms with E-state index >= 15 is 0 Å². The van der Waals surface area contributed by atoms with E-state index < -0.39 is 12.1 Å². The molecule has 2 rings (SSSR count). The van der Waals surface area contributed by atoms with Gasteiger partial charge < -0.3 is 14.4 Å². The van der Waals surface area contributed by atoms with Crippen molar-refractivity contribution in [1.82, 2.24) is 0 Å². The Morgan fingerprint density at radius 3 is 2.44 bits per heavy atom. The number of carbonyl (C=O) groups is 2. The zero-order valence-electron chi connectivity index (χ0n) is 14.0. The first-order valence-electron chi connectivity index (χ1n) is 7.67. The second-order valence-electron chi connectivity index (χ2n) is 5.26. The first-order valence-corrected chi connectivity index (χ1v) is 7.67. The fourth-order valence-electron chi connectivity index (χ4n) is 2.15. The number of para-hydroxylation sites is 2. The Morgan fingerprint density at radius 1 is 1.12 bits per heavy atom. The maximum Gasteiger partial charge on any atom is 0.344 e. The first kappa shape index (κ1) is 18.0. The molecule has 0 bridgehead atoms. The van der Waals surface area contributed by atoms with Gasteiger partial charge in [-0.05, 0) is 31.2 Å². The van der Waals surface area contributed by atoms with E-state index in [0.29, 0.717) is 17.0 Å². The highest BCUT2D eigenvalue weighted by molar-refractivity contribution is 5.96. The standard InChI is InChI=1S/C19H18N2O4/c1-14(19(23)21(2)16-9-4-3-5-10-16)25-18(22)13-24-17-11-7-6-8-15(17)12-20/h3-11,14H,13H2,1-2H3/t14-/m0/s1. The van der Waals surface area contributed by atoms with E-state index in [2.05, 4.69) is 0 Å². The lowest BCUT2D eigenvalue weighted by Gasteiger charge is -2.21. The number of benzene rings is 2. The largest absolute Gasteiger partial charge is 0.481 e. The monoisotopic (exact) mass is 338 g/mol. The Balaban J connectivity index is 1.89. The molecule has 6 nitrogen and oxygen atoms in total. The molecule has 0 radical (unpaired) electrons. The molecule has 2 aromatic rings. The molecule has 0 N–H and O–H groups in total. The van der Waals surface area contributed by atoms with Gasteiger partial charge in [-0.15, -0.1) is 0 Å². The molecule has 0 spiro atoms. The van der Waals surface area contributed by atoms with E-state index in [1.807, 2.05) is 24.3 Å². The lowest BCUT2D eigenvalue weighted by atomic mass is 10.2. The number of likely N-dealkylation sites (N-methyl/N-ethyl adjacent to an activating group) is 1. The van der Waals surface area contributed by atoms with Crippen molar-refractivity contribution in [2.45, 2.75) is 13.0 Å². The van der Waals surface area contributed by atoms with Gasteiger partial charge in [-0.3, -0.25) is 4.79 Å². The molecular formula is C19H18N2O4. The fourth-order valence-corrected chi connectivity index (χ4v) is 2.15. The second kappa shape index (κ2) is 8.50. The summed E-state index contributed by atoms with van der Waals surface area (Å²) in [5, 5.41) is 8.97. The molecule has 0 unspecified atom stereocenters. The van der Waals surface area contributed by atoms with E-state index in [4.69, 9.17) is 14.7 Å². The van der Waals surface area contributed by atoms with Crippen molar-refractivity contribution in [3.8, 4) is 11.8 Å². The first-order chi connectivity index (χ1) is 12.0. The summed E-state index contributed by atoms with van der Waals surface area (Å²) in [6.45, 7) is 1.12. The lowest BCUT2D eigenvalue weighted by molar-refractivity contribution is -0.155. The van der Waals surface area contributed by atoms with Crippen molar-refractivity contribution >= 4 is 17.6 Å². The summed E-state index contributed by atoms with van der Waals surface area (Å²) in [7, 11) is 1.61. The predicted molar refractivity (Wildman–Crippen MR) is 92.1 cm³/mol. The van der Waals surface area contributed by atoms with Crippen LogP contribution in [0.1, 0.15) is 12.5 Å². The van der Waals surface area contributed by atoms with Crippen LogP contribution in [-0.4, -0.2) is 31.6 Å². The smallest absolute Gasteiger partial charge is 0.344 e. The number of rotatable bonds is 6. The summed E-state index contributed by atoms with van der Waals surface area (Å²) < 4.78 is 10.4. The number of ether oxygens (including phenoxy) is 2. The van der Waals surface area contributed by atoms with Gasteiger partial charge in [0, 0.05) is 12.7 Å². The fraction of sp³-hybridized carbons (Fsp3) is 0.211. The molecule has 0 fully saturated rings. The normalized spacial score (nSPS) is 11.1. The molecular weight excluding hydrogens is 320 g/mol. The van der Waals surface area contributed by atoms with Crippen molar-refractivity contribution < 1.29 is 19.1 Å². The summed E-state index contributed by atoms with van der Waals surface area (Å²) >= 11 is 0. The van der Waals surface area contributed by atoms with Gasteiger partial charge in [0.2, 0.25) is 0 Å². The van der Waals surface area contributed by atoms with Gasteiger partial charge >= 0.3 is 5.97 Å². The van der Waals surface area contributed by atoms with E-state index in [1.54, 1.807) is 43.4 Å². The predicted octanol–water partition coefficient (Wildman–Crippen LogP) is 2.53. The third-order valence-corrected chi connectivity index (χ3v) is 3.48. The van der Waals surface area contributed by atoms with E-state index in [1.165, 1.54) is 11.8 Å². The molecule has 128 valence electrons. The van der Waals surface area contributed by atoms with Gasteiger partial charge in [0.15, 0.2) is 12.7 Å². The Bertz CT molecular complexity index is 784. The maximum absolute atomic E-state index is 12.3. The SMILES string of the molecule is C[C@H](OC(=O)COc1ccccc1C#N)C(=O)N(C)c1ccccc1. The summed E-state index contributed by atoms with van der Waals surface area (Å²) in [4.78, 5) is 25.6. The third kappa shape index (κ3) is 4.82. The van der Waals surface area contributed by atoms with Crippen LogP contribution < -0.4 is 9.64 Å². The van der Waals surface area contributed by atoms with Gasteiger partial charge in [-0.25, -0.2) is 4.79 Å². The van der Waals surface area contributed by atoms with Gasteiger partial charge in [-0.2, -0.15) is 5.26 Å². The molecule has 25 heavy (non-hydrogen) atoms. The molecule has 0 aliphatic heterocycles. The molecule has 6 heteroatoms. The van der Waals surface area contributed by atoms with Gasteiger partial charge in [-0.1, -0.05) is 30.3 Å². The van der Waals surface area contributed by atoms with E-state index in [-0.39, 0.29) is 12.5 Å². The molecule has 0 aliphatic carbocycles. The molecule has 0 aromatic heterocycles. The third-order valence-electron chi connectivity index (χ3n) is 3.48. The average molecular weight is 338 g/mol. The molecule has 2 aromatic carbocycles. The minimum absolute atomic E-state index is 0.294. The summed E-state index contributed by atoms with van der Waals surface area (Å²) in [6.07, 6.45) is -0.951. The Hall–Kier alpha value is -3.33. The van der Waals surface area contributed by atoms with Gasteiger partial charge in [0.05, 0.1) is 5.56 Å². The number of hydrogen-bond donors (Lipinski definition) is 0. The summed E-state index contributed by atoms with van der Waals surface area (Å²) in [6, 6.07) is 17.6. The Morgan fingerprint density at radius 2 is 1.76 bits per heavy atom. The van der Waals surface area contributed by atoms with Crippen LogP contribution >= 0.6 is 0 Å². The zero-order chi connectivity index (χ0) is 18.2. The Labute approximate surface area is 146 Å². The van der Waals surface area contributed by atoms with Crippen molar-refractivity contribution in [1.29, 1.82) is 5.26 Å². The van der Waals surface area contributed by atoms with E-state index in [0.717, 1.165) is 0 Å². The molecule has 1 amide bonds. The van der Waals surface area contributed by atoms with Gasteiger partial charge in [0.25, 0.3) is 5.91 Å². The highest BCUT2D eigenvalue weighted by Gasteiger charge is 2.22. The number of anilines is 1. The van der Waals surface area contributed by atoms with Crippen molar-refractivity contribution in [2.75, 3.05) is 18.6 Å². The molecule has 0 saturated carbocycles. The van der Waals surface area contributed by atoms with Crippen molar-refractivity contribution in [2.24, 2.45) is 0 Å². The number of esters is 1. The number of carbonyl (C=O) groups excluding carboxylic acids is 2. The highest BCUT2D eigenvalue weighted by Crippen LogP contribution is 2.17. The van der Waals surface area contributed by atoms with Crippen LogP contribution in [0.3, 0.4) is 0 Å². The maximum atomic E-state index is 12.3. The average Bonchev–Trinajstić information content (AvgIpc) is 2.66. The van der Waals surface area contributed by atoms with Crippen LogP contribution in [0.2, 0.25) is 0 Å². The number of nitriles is 1. The zero-order valence-corrected chi connectivity index (χ0v) is 14.0.